The smallest absolute Gasteiger partial charge is 0.258 e. The molecule has 6 heteroatoms. The molecule has 23 heavy (non-hydrogen) atoms. The molecule has 0 aliphatic carbocycles. The Balaban J connectivity index is 1.49. The van der Waals surface area contributed by atoms with Gasteiger partial charge in [-0.25, -0.2) is 4.98 Å². The number of thiazole rings is 1. The molecule has 118 valence electrons. The van der Waals surface area contributed by atoms with Crippen LogP contribution in [0, 0.1) is 0 Å². The molecule has 4 rings (SSSR count). The number of rotatable bonds is 4. The molecule has 1 N–H and O–H groups in total. The molecule has 5 nitrogen and oxygen atoms in total. The van der Waals surface area contributed by atoms with Crippen LogP contribution in [0.4, 0.5) is 0 Å². The van der Waals surface area contributed by atoms with E-state index in [1.165, 1.54) is 16.9 Å². The summed E-state index contributed by atoms with van der Waals surface area (Å²) in [5, 5.41) is 5.35. The number of fused-ring (bicyclic) bond motifs is 2. The first-order valence-electron chi connectivity index (χ1n) is 7.63. The van der Waals surface area contributed by atoms with Crippen LogP contribution in [0.15, 0.2) is 46.7 Å². The van der Waals surface area contributed by atoms with E-state index >= 15 is 0 Å². The molecule has 0 bridgehead atoms. The van der Waals surface area contributed by atoms with Gasteiger partial charge in [-0.3, -0.25) is 9.20 Å². The van der Waals surface area contributed by atoms with Crippen LogP contribution in [0.2, 0.25) is 0 Å². The van der Waals surface area contributed by atoms with E-state index in [4.69, 9.17) is 4.74 Å². The monoisotopic (exact) mass is 327 g/mol. The Morgan fingerprint density at radius 1 is 1.48 bits per heavy atom. The van der Waals surface area contributed by atoms with Gasteiger partial charge in [0.15, 0.2) is 4.96 Å². The Labute approximate surface area is 137 Å². The molecule has 0 unspecified atom stereocenters. The standard InChI is InChI=1S/C17H17N3O2S/c1-11(14-10-22-15-5-3-2-4-13(14)15)18-9-12-8-16(21)20-6-7-23-17(20)19-12/h2-8,11,14,18H,9-10H2,1H3/t11-,14+/m1/s1. The lowest BCUT2D eigenvalue weighted by molar-refractivity contribution is 0.303. The third kappa shape index (κ3) is 2.64. The first kappa shape index (κ1) is 14.4. The molecule has 0 amide bonds. The normalized spacial score (nSPS) is 17.9. The van der Waals surface area contributed by atoms with Crippen molar-refractivity contribution in [1.29, 1.82) is 0 Å². The van der Waals surface area contributed by atoms with Crippen LogP contribution in [0.1, 0.15) is 24.1 Å². The fraction of sp³-hybridized carbons (Fsp3) is 0.294. The van der Waals surface area contributed by atoms with E-state index in [0.29, 0.717) is 19.1 Å². The lowest BCUT2D eigenvalue weighted by Crippen LogP contribution is -2.33. The van der Waals surface area contributed by atoms with Gasteiger partial charge in [0.25, 0.3) is 5.56 Å². The number of benzene rings is 1. The van der Waals surface area contributed by atoms with Crippen molar-refractivity contribution < 1.29 is 4.74 Å². The topological polar surface area (TPSA) is 55.6 Å². The predicted octanol–water partition coefficient (Wildman–Crippen LogP) is 2.41. The second-order valence-electron chi connectivity index (χ2n) is 5.77. The molecule has 0 spiro atoms. The molecule has 0 saturated carbocycles. The van der Waals surface area contributed by atoms with Crippen LogP contribution in [0.5, 0.6) is 5.75 Å². The number of ether oxygens (including phenoxy) is 1. The van der Waals surface area contributed by atoms with E-state index in [1.54, 1.807) is 16.7 Å². The van der Waals surface area contributed by atoms with Crippen LogP contribution >= 0.6 is 11.3 Å². The van der Waals surface area contributed by atoms with Crippen molar-refractivity contribution in [3.8, 4) is 5.75 Å². The highest BCUT2D eigenvalue weighted by molar-refractivity contribution is 7.15. The third-order valence-electron chi connectivity index (χ3n) is 4.30. The van der Waals surface area contributed by atoms with E-state index in [9.17, 15) is 4.79 Å². The molecule has 0 radical (unpaired) electrons. The minimum absolute atomic E-state index is 0.0322. The number of hydrogen-bond donors (Lipinski definition) is 1. The molecule has 2 atom stereocenters. The summed E-state index contributed by atoms with van der Waals surface area (Å²) in [6.45, 7) is 3.41. The molecule has 1 aliphatic rings. The summed E-state index contributed by atoms with van der Waals surface area (Å²) in [5.74, 6) is 1.29. The summed E-state index contributed by atoms with van der Waals surface area (Å²) < 4.78 is 7.31. The highest BCUT2D eigenvalue weighted by Gasteiger charge is 2.28. The van der Waals surface area contributed by atoms with Crippen molar-refractivity contribution >= 4 is 16.3 Å². The number of aromatic nitrogens is 2. The largest absolute Gasteiger partial charge is 0.493 e. The van der Waals surface area contributed by atoms with Gasteiger partial charge >= 0.3 is 0 Å². The van der Waals surface area contributed by atoms with Crippen molar-refractivity contribution in [2.45, 2.75) is 25.4 Å². The number of nitrogens with one attached hydrogen (secondary N) is 1. The zero-order chi connectivity index (χ0) is 15.8. The number of nitrogens with zero attached hydrogens (tertiary/aromatic N) is 2. The minimum atomic E-state index is -0.0322. The van der Waals surface area contributed by atoms with Gasteiger partial charge in [0.05, 0.1) is 12.3 Å². The van der Waals surface area contributed by atoms with Gasteiger partial charge < -0.3 is 10.1 Å². The summed E-state index contributed by atoms with van der Waals surface area (Å²) in [4.78, 5) is 17.3. The van der Waals surface area contributed by atoms with Crippen LogP contribution in [0.3, 0.4) is 0 Å². The Hall–Kier alpha value is -2.18. The van der Waals surface area contributed by atoms with Crippen LogP contribution in [-0.2, 0) is 6.54 Å². The number of hydrogen-bond acceptors (Lipinski definition) is 5. The summed E-state index contributed by atoms with van der Waals surface area (Å²) in [5.41, 5.74) is 1.99. The van der Waals surface area contributed by atoms with Crippen LogP contribution in [0.25, 0.3) is 4.96 Å². The molecule has 0 saturated heterocycles. The Kier molecular flexibility index (Phi) is 3.63. The fourth-order valence-corrected chi connectivity index (χ4v) is 3.73. The maximum Gasteiger partial charge on any atom is 0.258 e. The van der Waals surface area contributed by atoms with Crippen LogP contribution in [-0.4, -0.2) is 22.0 Å². The lowest BCUT2D eigenvalue weighted by Gasteiger charge is -2.19. The van der Waals surface area contributed by atoms with Crippen molar-refractivity contribution in [2.75, 3.05) is 6.61 Å². The lowest BCUT2D eigenvalue weighted by atomic mass is 9.94. The van der Waals surface area contributed by atoms with Crippen molar-refractivity contribution in [2.24, 2.45) is 0 Å². The van der Waals surface area contributed by atoms with E-state index in [2.05, 4.69) is 23.3 Å². The highest BCUT2D eigenvalue weighted by atomic mass is 32.1. The van der Waals surface area contributed by atoms with Gasteiger partial charge in [-0.1, -0.05) is 18.2 Å². The van der Waals surface area contributed by atoms with E-state index in [1.807, 2.05) is 23.6 Å². The first-order valence-corrected chi connectivity index (χ1v) is 8.51. The molecule has 2 aromatic heterocycles. The highest BCUT2D eigenvalue weighted by Crippen LogP contribution is 2.35. The molecule has 3 aromatic rings. The second kappa shape index (κ2) is 5.79. The molecular formula is C17H17N3O2S. The first-order chi connectivity index (χ1) is 11.2. The van der Waals surface area contributed by atoms with E-state index in [0.717, 1.165) is 16.4 Å². The van der Waals surface area contributed by atoms with Crippen LogP contribution < -0.4 is 15.6 Å². The average Bonchev–Trinajstić information content (AvgIpc) is 3.19. The van der Waals surface area contributed by atoms with E-state index in [-0.39, 0.29) is 11.6 Å². The van der Waals surface area contributed by atoms with Gasteiger partial charge in [-0.15, -0.1) is 11.3 Å². The van der Waals surface area contributed by atoms with Gasteiger partial charge in [0.2, 0.25) is 0 Å². The maximum absolute atomic E-state index is 12.0. The summed E-state index contributed by atoms with van der Waals surface area (Å²) in [6.07, 6.45) is 1.75. The molecular weight excluding hydrogens is 310 g/mol. The second-order valence-corrected chi connectivity index (χ2v) is 6.64. The molecule has 3 heterocycles. The summed E-state index contributed by atoms with van der Waals surface area (Å²) in [7, 11) is 0. The van der Waals surface area contributed by atoms with Gasteiger partial charge in [-0.2, -0.15) is 0 Å². The third-order valence-corrected chi connectivity index (χ3v) is 5.06. The Morgan fingerprint density at radius 2 is 2.35 bits per heavy atom. The van der Waals surface area contributed by atoms with Crippen molar-refractivity contribution in [3.05, 3.63) is 63.5 Å². The maximum atomic E-state index is 12.0. The zero-order valence-corrected chi connectivity index (χ0v) is 13.5. The molecule has 0 fully saturated rings. The predicted molar refractivity (Wildman–Crippen MR) is 90.3 cm³/mol. The number of para-hydroxylation sites is 1. The van der Waals surface area contributed by atoms with E-state index < -0.39 is 0 Å². The quantitative estimate of drug-likeness (QED) is 0.799. The van der Waals surface area contributed by atoms with Gasteiger partial charge in [0, 0.05) is 41.7 Å². The molecule has 1 aliphatic heterocycles. The van der Waals surface area contributed by atoms with Gasteiger partial charge in [-0.05, 0) is 13.0 Å². The summed E-state index contributed by atoms with van der Waals surface area (Å²) in [6, 6.07) is 10.00. The Morgan fingerprint density at radius 3 is 3.26 bits per heavy atom. The Bertz CT molecular complexity index is 902. The van der Waals surface area contributed by atoms with Gasteiger partial charge in [0.1, 0.15) is 5.75 Å². The summed E-state index contributed by atoms with van der Waals surface area (Å²) >= 11 is 1.47. The average molecular weight is 327 g/mol. The zero-order valence-electron chi connectivity index (χ0n) is 12.7. The minimum Gasteiger partial charge on any atom is -0.493 e. The van der Waals surface area contributed by atoms with Crippen molar-refractivity contribution in [3.63, 3.8) is 0 Å². The fourth-order valence-electron chi connectivity index (χ4n) is 2.99. The SMILES string of the molecule is C[C@@H](NCc1cc(=O)n2ccsc2n1)[C@@H]1COc2ccccc21. The molecule has 1 aromatic carbocycles. The van der Waals surface area contributed by atoms with Crippen molar-refractivity contribution in [1.82, 2.24) is 14.7 Å².